The van der Waals surface area contributed by atoms with Crippen LogP contribution in [0.1, 0.15) is 0 Å². The van der Waals surface area contributed by atoms with Gasteiger partial charge in [-0.2, -0.15) is 0 Å². The van der Waals surface area contributed by atoms with Gasteiger partial charge in [0.2, 0.25) is 0 Å². The molecule has 1 aromatic rings. The smallest absolute Gasteiger partial charge is 0.293 e. The number of anilines is 1. The maximum Gasteiger partial charge on any atom is 0.293 e. The SMILES string of the molecule is NC/C=C/CNc1ccc(Cl)cc1[N+](=O)[O-]. The Morgan fingerprint density at radius 1 is 1.50 bits per heavy atom. The lowest BCUT2D eigenvalue weighted by atomic mass is 10.2. The second-order valence-corrected chi connectivity index (χ2v) is 3.44. The first-order valence-electron chi connectivity index (χ1n) is 4.68. The predicted octanol–water partition coefficient (Wildman–Crippen LogP) is 2.17. The summed E-state index contributed by atoms with van der Waals surface area (Å²) in [5.74, 6) is 0. The summed E-state index contributed by atoms with van der Waals surface area (Å²) < 4.78 is 0. The lowest BCUT2D eigenvalue weighted by Gasteiger charge is -2.04. The Kier molecular flexibility index (Phi) is 4.75. The molecule has 1 rings (SSSR count). The van der Waals surface area contributed by atoms with Crippen molar-refractivity contribution < 1.29 is 4.92 Å². The summed E-state index contributed by atoms with van der Waals surface area (Å²) in [6, 6.07) is 4.50. The molecule has 0 saturated heterocycles. The summed E-state index contributed by atoms with van der Waals surface area (Å²) in [5, 5.41) is 14.0. The van der Waals surface area contributed by atoms with Crippen LogP contribution in [0.25, 0.3) is 0 Å². The number of nitro benzene ring substituents is 1. The number of nitro groups is 1. The van der Waals surface area contributed by atoms with Crippen molar-refractivity contribution >= 4 is 23.0 Å². The summed E-state index contributed by atoms with van der Waals surface area (Å²) in [7, 11) is 0. The van der Waals surface area contributed by atoms with E-state index in [0.717, 1.165) is 0 Å². The number of nitrogens with two attached hydrogens (primary N) is 1. The first kappa shape index (κ1) is 12.5. The Hall–Kier alpha value is -1.59. The summed E-state index contributed by atoms with van der Waals surface area (Å²) in [6.07, 6.45) is 3.58. The molecule has 0 atom stereocenters. The third kappa shape index (κ3) is 3.52. The van der Waals surface area contributed by atoms with Crippen LogP contribution in [0, 0.1) is 10.1 Å². The predicted molar refractivity (Wildman–Crippen MR) is 64.8 cm³/mol. The van der Waals surface area contributed by atoms with E-state index in [9.17, 15) is 10.1 Å². The molecule has 0 aliphatic rings. The van der Waals surface area contributed by atoms with Crippen molar-refractivity contribution in [2.24, 2.45) is 5.73 Å². The minimum atomic E-state index is -0.471. The van der Waals surface area contributed by atoms with Gasteiger partial charge in [-0.05, 0) is 12.1 Å². The van der Waals surface area contributed by atoms with Crippen LogP contribution in [0.2, 0.25) is 5.02 Å². The molecule has 0 radical (unpaired) electrons. The Balaban J connectivity index is 2.78. The Morgan fingerprint density at radius 2 is 2.25 bits per heavy atom. The monoisotopic (exact) mass is 241 g/mol. The van der Waals surface area contributed by atoms with Crippen LogP contribution in [0.4, 0.5) is 11.4 Å². The average molecular weight is 242 g/mol. The Labute approximate surface area is 98.0 Å². The van der Waals surface area contributed by atoms with Crippen molar-refractivity contribution in [3.63, 3.8) is 0 Å². The van der Waals surface area contributed by atoms with Gasteiger partial charge in [0, 0.05) is 24.2 Å². The zero-order chi connectivity index (χ0) is 12.0. The van der Waals surface area contributed by atoms with E-state index in [2.05, 4.69) is 5.32 Å². The van der Waals surface area contributed by atoms with E-state index in [4.69, 9.17) is 17.3 Å². The number of benzene rings is 1. The molecule has 0 heterocycles. The highest BCUT2D eigenvalue weighted by atomic mass is 35.5. The minimum Gasteiger partial charge on any atom is -0.376 e. The van der Waals surface area contributed by atoms with Crippen molar-refractivity contribution in [1.82, 2.24) is 0 Å². The zero-order valence-electron chi connectivity index (χ0n) is 8.52. The molecule has 0 aliphatic carbocycles. The number of hydrogen-bond acceptors (Lipinski definition) is 4. The molecule has 0 saturated carbocycles. The summed E-state index contributed by atoms with van der Waals surface area (Å²) in [4.78, 5) is 10.3. The third-order valence-electron chi connectivity index (χ3n) is 1.87. The zero-order valence-corrected chi connectivity index (χ0v) is 9.28. The first-order chi connectivity index (χ1) is 7.65. The molecule has 0 amide bonds. The van der Waals surface area contributed by atoms with Crippen LogP contribution in [0.15, 0.2) is 30.4 Å². The van der Waals surface area contributed by atoms with Gasteiger partial charge in [0.05, 0.1) is 4.92 Å². The number of rotatable bonds is 5. The number of hydrogen-bond donors (Lipinski definition) is 2. The van der Waals surface area contributed by atoms with Crippen molar-refractivity contribution in [3.8, 4) is 0 Å². The molecule has 86 valence electrons. The van der Waals surface area contributed by atoms with Crippen molar-refractivity contribution in [3.05, 3.63) is 45.5 Å². The molecule has 5 nitrogen and oxygen atoms in total. The fourth-order valence-corrected chi connectivity index (χ4v) is 1.32. The first-order valence-corrected chi connectivity index (χ1v) is 5.06. The fraction of sp³-hybridized carbons (Fsp3) is 0.200. The van der Waals surface area contributed by atoms with E-state index in [0.29, 0.717) is 23.8 Å². The van der Waals surface area contributed by atoms with Crippen molar-refractivity contribution in [2.45, 2.75) is 0 Å². The van der Waals surface area contributed by atoms with Gasteiger partial charge in [0.25, 0.3) is 5.69 Å². The van der Waals surface area contributed by atoms with Gasteiger partial charge < -0.3 is 11.1 Å². The molecular formula is C10H12ClN3O2. The third-order valence-corrected chi connectivity index (χ3v) is 2.10. The van der Waals surface area contributed by atoms with Crippen LogP contribution in [-0.4, -0.2) is 18.0 Å². The maximum atomic E-state index is 10.7. The second kappa shape index (κ2) is 6.09. The van der Waals surface area contributed by atoms with E-state index >= 15 is 0 Å². The van der Waals surface area contributed by atoms with E-state index in [-0.39, 0.29) is 5.69 Å². The molecule has 0 spiro atoms. The van der Waals surface area contributed by atoms with E-state index in [1.807, 2.05) is 0 Å². The van der Waals surface area contributed by atoms with Crippen LogP contribution >= 0.6 is 11.6 Å². The van der Waals surface area contributed by atoms with Gasteiger partial charge >= 0.3 is 0 Å². The summed E-state index contributed by atoms with van der Waals surface area (Å²) in [6.45, 7) is 0.935. The number of halogens is 1. The van der Waals surface area contributed by atoms with Gasteiger partial charge in [0.1, 0.15) is 5.69 Å². The molecule has 16 heavy (non-hydrogen) atoms. The largest absolute Gasteiger partial charge is 0.376 e. The van der Waals surface area contributed by atoms with Crippen LogP contribution in [0.3, 0.4) is 0 Å². The molecule has 0 aromatic heterocycles. The quantitative estimate of drug-likeness (QED) is 0.470. The molecule has 0 bridgehead atoms. The highest BCUT2D eigenvalue weighted by Crippen LogP contribution is 2.27. The lowest BCUT2D eigenvalue weighted by molar-refractivity contribution is -0.383. The average Bonchev–Trinajstić information content (AvgIpc) is 2.26. The van der Waals surface area contributed by atoms with E-state index in [1.54, 1.807) is 24.3 Å². The van der Waals surface area contributed by atoms with Crippen molar-refractivity contribution in [1.29, 1.82) is 0 Å². The standard InChI is InChI=1S/C10H12ClN3O2/c11-8-3-4-9(10(7-8)14(15)16)13-6-2-1-5-12/h1-4,7,13H,5-6,12H2/b2-1+. The Bertz CT molecular complexity index is 407. The molecule has 0 fully saturated rings. The van der Waals surface area contributed by atoms with Crippen molar-refractivity contribution in [2.75, 3.05) is 18.4 Å². The van der Waals surface area contributed by atoms with Gasteiger partial charge in [-0.1, -0.05) is 23.8 Å². The van der Waals surface area contributed by atoms with E-state index < -0.39 is 4.92 Å². The molecule has 6 heteroatoms. The topological polar surface area (TPSA) is 81.2 Å². The molecular weight excluding hydrogens is 230 g/mol. The number of nitrogens with zero attached hydrogens (tertiary/aromatic N) is 1. The van der Waals surface area contributed by atoms with Crippen LogP contribution in [-0.2, 0) is 0 Å². The fourth-order valence-electron chi connectivity index (χ4n) is 1.15. The minimum absolute atomic E-state index is 0.0337. The van der Waals surface area contributed by atoms with Crippen LogP contribution in [0.5, 0.6) is 0 Å². The summed E-state index contributed by atoms with van der Waals surface area (Å²) >= 11 is 5.68. The lowest BCUT2D eigenvalue weighted by Crippen LogP contribution is -2.03. The van der Waals surface area contributed by atoms with E-state index in [1.165, 1.54) is 6.07 Å². The van der Waals surface area contributed by atoms with Crippen LogP contribution < -0.4 is 11.1 Å². The van der Waals surface area contributed by atoms with Gasteiger partial charge in [-0.15, -0.1) is 0 Å². The molecule has 0 aliphatic heterocycles. The van der Waals surface area contributed by atoms with Gasteiger partial charge in [-0.3, -0.25) is 10.1 Å². The van der Waals surface area contributed by atoms with Gasteiger partial charge in [0.15, 0.2) is 0 Å². The molecule has 3 N–H and O–H groups in total. The maximum absolute atomic E-state index is 10.7. The number of nitrogens with one attached hydrogen (secondary N) is 1. The molecule has 0 unspecified atom stereocenters. The second-order valence-electron chi connectivity index (χ2n) is 3.01. The Morgan fingerprint density at radius 3 is 2.88 bits per heavy atom. The highest BCUT2D eigenvalue weighted by molar-refractivity contribution is 6.30. The van der Waals surface area contributed by atoms with Gasteiger partial charge in [-0.25, -0.2) is 0 Å². The normalized spacial score (nSPS) is 10.6. The highest BCUT2D eigenvalue weighted by Gasteiger charge is 2.12. The molecule has 1 aromatic carbocycles. The summed E-state index contributed by atoms with van der Waals surface area (Å²) in [5.41, 5.74) is 5.67.